The zero-order valence-corrected chi connectivity index (χ0v) is 8.54. The summed E-state index contributed by atoms with van der Waals surface area (Å²) in [4.78, 5) is 21.2. The number of aliphatic carboxylic acids is 2. The Balaban J connectivity index is 4.22. The maximum absolute atomic E-state index is 10.9. The fourth-order valence-corrected chi connectivity index (χ4v) is 1.29. The highest BCUT2D eigenvalue weighted by Gasteiger charge is 2.33. The van der Waals surface area contributed by atoms with Crippen LogP contribution in [0.25, 0.3) is 0 Å². The van der Waals surface area contributed by atoms with Gasteiger partial charge in [0.15, 0.2) is 0 Å². The molecule has 3 N–H and O–H groups in total. The van der Waals surface area contributed by atoms with Gasteiger partial charge in [-0.1, -0.05) is 13.8 Å². The number of nitrogens with one attached hydrogen (secondary N) is 1. The maximum Gasteiger partial charge on any atom is 0.323 e. The van der Waals surface area contributed by atoms with Crippen molar-refractivity contribution in [3.63, 3.8) is 0 Å². The lowest BCUT2D eigenvalue weighted by Crippen LogP contribution is -2.51. The Morgan fingerprint density at radius 1 is 1.21 bits per heavy atom. The van der Waals surface area contributed by atoms with Gasteiger partial charge in [0.05, 0.1) is 6.42 Å². The molecule has 0 fully saturated rings. The Labute approximate surface area is 83.1 Å². The minimum absolute atomic E-state index is 0.0605. The van der Waals surface area contributed by atoms with Crippen LogP contribution in [0.2, 0.25) is 0 Å². The lowest BCUT2D eigenvalue weighted by molar-refractivity contribution is -0.146. The Bertz CT molecular complexity index is 211. The molecule has 5 nitrogen and oxygen atoms in total. The second kappa shape index (κ2) is 5.59. The monoisotopic (exact) mass is 203 g/mol. The lowest BCUT2D eigenvalue weighted by atomic mass is 9.93. The molecule has 82 valence electrons. The standard InChI is InChI=1S/C9H17NO4/c1-3-9(4-2,8(13)14)10-6-5-7(11)12/h10H,3-6H2,1-2H3,(H,11,12)(H,13,14). The maximum atomic E-state index is 10.9. The molecule has 0 atom stereocenters. The highest BCUT2D eigenvalue weighted by Crippen LogP contribution is 2.15. The first-order chi connectivity index (χ1) is 6.48. The van der Waals surface area contributed by atoms with E-state index in [1.807, 2.05) is 0 Å². The number of carboxylic acid groups (broad SMARTS) is 2. The average molecular weight is 203 g/mol. The van der Waals surface area contributed by atoms with Crippen LogP contribution in [0.1, 0.15) is 33.1 Å². The van der Waals surface area contributed by atoms with Crippen molar-refractivity contribution >= 4 is 11.9 Å². The predicted octanol–water partition coefficient (Wildman–Crippen LogP) is 0.694. The van der Waals surface area contributed by atoms with Gasteiger partial charge in [0.1, 0.15) is 5.54 Å². The first kappa shape index (κ1) is 12.9. The van der Waals surface area contributed by atoms with Gasteiger partial charge in [-0.05, 0) is 12.8 Å². The Kier molecular flexibility index (Phi) is 5.15. The number of carbonyl (C=O) groups is 2. The minimum atomic E-state index is -0.977. The Hall–Kier alpha value is -1.10. The summed E-state index contributed by atoms with van der Waals surface area (Å²) in [6, 6.07) is 0. The van der Waals surface area contributed by atoms with Gasteiger partial charge in [0, 0.05) is 6.54 Å². The van der Waals surface area contributed by atoms with E-state index in [1.165, 1.54) is 0 Å². The highest BCUT2D eigenvalue weighted by atomic mass is 16.4. The second-order valence-corrected chi connectivity index (χ2v) is 3.16. The molecular formula is C9H17NO4. The molecule has 0 aromatic rings. The number of carboxylic acids is 2. The molecule has 14 heavy (non-hydrogen) atoms. The third kappa shape index (κ3) is 3.33. The molecule has 0 aliphatic heterocycles. The van der Waals surface area contributed by atoms with Crippen molar-refractivity contribution in [2.75, 3.05) is 6.54 Å². The normalized spacial score (nSPS) is 11.3. The summed E-state index contributed by atoms with van der Waals surface area (Å²) < 4.78 is 0. The van der Waals surface area contributed by atoms with Gasteiger partial charge in [-0.25, -0.2) is 0 Å². The molecule has 0 saturated heterocycles. The van der Waals surface area contributed by atoms with Crippen molar-refractivity contribution < 1.29 is 19.8 Å². The lowest BCUT2D eigenvalue weighted by Gasteiger charge is -2.27. The predicted molar refractivity (Wildman–Crippen MR) is 51.2 cm³/mol. The van der Waals surface area contributed by atoms with Crippen molar-refractivity contribution in [1.29, 1.82) is 0 Å². The first-order valence-corrected chi connectivity index (χ1v) is 4.68. The molecule has 5 heteroatoms. The van der Waals surface area contributed by atoms with Gasteiger partial charge in [0.25, 0.3) is 0 Å². The van der Waals surface area contributed by atoms with Gasteiger partial charge in [0.2, 0.25) is 0 Å². The summed E-state index contributed by atoms with van der Waals surface area (Å²) in [6.07, 6.45) is 0.825. The summed E-state index contributed by atoms with van der Waals surface area (Å²) in [5.41, 5.74) is -0.977. The van der Waals surface area contributed by atoms with Gasteiger partial charge in [-0.2, -0.15) is 0 Å². The second-order valence-electron chi connectivity index (χ2n) is 3.16. The van der Waals surface area contributed by atoms with E-state index in [0.29, 0.717) is 12.8 Å². The van der Waals surface area contributed by atoms with Crippen molar-refractivity contribution in [2.24, 2.45) is 0 Å². The zero-order valence-electron chi connectivity index (χ0n) is 8.54. The third-order valence-corrected chi connectivity index (χ3v) is 2.42. The Morgan fingerprint density at radius 3 is 2.00 bits per heavy atom. The molecule has 0 bridgehead atoms. The molecule has 0 amide bonds. The molecule has 0 aliphatic rings. The summed E-state index contributed by atoms with van der Waals surface area (Å²) in [6.45, 7) is 3.72. The van der Waals surface area contributed by atoms with Crippen molar-refractivity contribution in [3.05, 3.63) is 0 Å². The van der Waals surface area contributed by atoms with E-state index in [0.717, 1.165) is 0 Å². The van der Waals surface area contributed by atoms with Crippen molar-refractivity contribution in [1.82, 2.24) is 5.32 Å². The van der Waals surface area contributed by atoms with E-state index < -0.39 is 17.5 Å². The van der Waals surface area contributed by atoms with Crippen molar-refractivity contribution in [2.45, 2.75) is 38.6 Å². The quantitative estimate of drug-likeness (QED) is 0.566. The minimum Gasteiger partial charge on any atom is -0.481 e. The van der Waals surface area contributed by atoms with E-state index in [1.54, 1.807) is 13.8 Å². The van der Waals surface area contributed by atoms with Crippen LogP contribution in [0.3, 0.4) is 0 Å². The summed E-state index contributed by atoms with van der Waals surface area (Å²) in [5, 5.41) is 20.2. The van der Waals surface area contributed by atoms with Crippen LogP contribution in [0.15, 0.2) is 0 Å². The fraction of sp³-hybridized carbons (Fsp3) is 0.778. The molecule has 0 saturated carbocycles. The molecule has 0 rings (SSSR count). The number of hydrogen-bond donors (Lipinski definition) is 3. The van der Waals surface area contributed by atoms with E-state index in [2.05, 4.69) is 5.32 Å². The highest BCUT2D eigenvalue weighted by molar-refractivity contribution is 5.78. The van der Waals surface area contributed by atoms with Crippen LogP contribution in [0.4, 0.5) is 0 Å². The van der Waals surface area contributed by atoms with E-state index >= 15 is 0 Å². The van der Waals surface area contributed by atoms with Crippen LogP contribution < -0.4 is 5.32 Å². The van der Waals surface area contributed by atoms with Gasteiger partial charge >= 0.3 is 11.9 Å². The fourth-order valence-electron chi connectivity index (χ4n) is 1.29. The molecule has 0 radical (unpaired) electrons. The number of hydrogen-bond acceptors (Lipinski definition) is 3. The number of rotatable bonds is 7. The first-order valence-electron chi connectivity index (χ1n) is 4.68. The molecule has 0 heterocycles. The van der Waals surface area contributed by atoms with Gasteiger partial charge in [-0.3, -0.25) is 9.59 Å². The van der Waals surface area contributed by atoms with Crippen molar-refractivity contribution in [3.8, 4) is 0 Å². The van der Waals surface area contributed by atoms with Crippen LogP contribution in [0, 0.1) is 0 Å². The largest absolute Gasteiger partial charge is 0.481 e. The molecule has 0 spiro atoms. The topological polar surface area (TPSA) is 86.6 Å². The molecule has 0 aliphatic carbocycles. The summed E-state index contributed by atoms with van der Waals surface area (Å²) >= 11 is 0. The molecular weight excluding hydrogens is 186 g/mol. The van der Waals surface area contributed by atoms with E-state index in [9.17, 15) is 9.59 Å². The third-order valence-electron chi connectivity index (χ3n) is 2.42. The molecule has 0 unspecified atom stereocenters. The summed E-state index contributed by atoms with van der Waals surface area (Å²) in [5.74, 6) is -1.85. The van der Waals surface area contributed by atoms with Crippen LogP contribution >= 0.6 is 0 Å². The van der Waals surface area contributed by atoms with E-state index in [4.69, 9.17) is 10.2 Å². The zero-order chi connectivity index (χ0) is 11.2. The van der Waals surface area contributed by atoms with Crippen LogP contribution in [-0.2, 0) is 9.59 Å². The molecule has 0 aromatic heterocycles. The Morgan fingerprint density at radius 2 is 1.71 bits per heavy atom. The van der Waals surface area contributed by atoms with Gasteiger partial charge < -0.3 is 15.5 Å². The van der Waals surface area contributed by atoms with Gasteiger partial charge in [-0.15, -0.1) is 0 Å². The molecule has 0 aromatic carbocycles. The summed E-state index contributed by atoms with van der Waals surface area (Å²) in [7, 11) is 0. The van der Waals surface area contributed by atoms with E-state index in [-0.39, 0.29) is 13.0 Å². The SMILES string of the molecule is CCC(CC)(NCCC(=O)O)C(=O)O. The van der Waals surface area contributed by atoms with Crippen LogP contribution in [-0.4, -0.2) is 34.2 Å². The van der Waals surface area contributed by atoms with Crippen LogP contribution in [0.5, 0.6) is 0 Å². The average Bonchev–Trinajstić information content (AvgIpc) is 2.12. The smallest absolute Gasteiger partial charge is 0.323 e.